The van der Waals surface area contributed by atoms with E-state index in [1.54, 1.807) is 18.2 Å². The molecule has 0 aromatic heterocycles. The van der Waals surface area contributed by atoms with Crippen molar-refractivity contribution in [2.45, 2.75) is 17.0 Å². The van der Waals surface area contributed by atoms with E-state index < -0.39 is 26.7 Å². The van der Waals surface area contributed by atoms with E-state index in [1.165, 1.54) is 6.07 Å². The van der Waals surface area contributed by atoms with Crippen LogP contribution in [0.15, 0.2) is 53.4 Å². The summed E-state index contributed by atoms with van der Waals surface area (Å²) in [6, 6.07) is 11.3. The highest BCUT2D eigenvalue weighted by Gasteiger charge is 2.37. The first-order valence-corrected chi connectivity index (χ1v) is 8.65. The molecule has 2 aromatic rings. The average Bonchev–Trinajstić information content (AvgIpc) is 2.95. The van der Waals surface area contributed by atoms with Crippen LogP contribution in [0.3, 0.4) is 0 Å². The molecule has 1 aliphatic rings. The molecule has 128 valence electrons. The van der Waals surface area contributed by atoms with E-state index in [1.807, 2.05) is 6.07 Å². The Bertz CT molecular complexity index is 850. The number of fused-ring (bicyclic) bond motifs is 1. The predicted molar refractivity (Wildman–Crippen MR) is 81.3 cm³/mol. The highest BCUT2D eigenvalue weighted by Crippen LogP contribution is 2.35. The van der Waals surface area contributed by atoms with Gasteiger partial charge in [0.15, 0.2) is 0 Å². The van der Waals surface area contributed by atoms with E-state index in [2.05, 4.69) is 4.72 Å². The Morgan fingerprint density at radius 1 is 1.08 bits per heavy atom. The van der Waals surface area contributed by atoms with Gasteiger partial charge < -0.3 is 4.74 Å². The van der Waals surface area contributed by atoms with E-state index in [0.717, 1.165) is 23.8 Å². The smallest absolute Gasteiger partial charge is 0.417 e. The van der Waals surface area contributed by atoms with Crippen LogP contribution in [0.25, 0.3) is 0 Å². The van der Waals surface area contributed by atoms with Gasteiger partial charge in [-0.25, -0.2) is 13.1 Å². The lowest BCUT2D eigenvalue weighted by atomic mass is 10.0. The largest absolute Gasteiger partial charge is 0.493 e. The Morgan fingerprint density at radius 3 is 2.50 bits per heavy atom. The molecule has 0 fully saturated rings. The molecule has 1 unspecified atom stereocenters. The van der Waals surface area contributed by atoms with Crippen LogP contribution >= 0.6 is 0 Å². The first-order valence-electron chi connectivity index (χ1n) is 7.16. The number of hydrogen-bond acceptors (Lipinski definition) is 3. The highest BCUT2D eigenvalue weighted by atomic mass is 32.2. The number of alkyl halides is 3. The van der Waals surface area contributed by atoms with Gasteiger partial charge in [-0.1, -0.05) is 30.3 Å². The summed E-state index contributed by atoms with van der Waals surface area (Å²) >= 11 is 0. The van der Waals surface area contributed by atoms with Crippen molar-refractivity contribution in [1.29, 1.82) is 0 Å². The second kappa shape index (κ2) is 6.10. The zero-order valence-electron chi connectivity index (χ0n) is 12.4. The molecule has 4 nitrogen and oxygen atoms in total. The number of halogens is 3. The van der Waals surface area contributed by atoms with Gasteiger partial charge in [0.2, 0.25) is 10.0 Å². The van der Waals surface area contributed by atoms with Crippen molar-refractivity contribution >= 4 is 10.0 Å². The Morgan fingerprint density at radius 2 is 1.75 bits per heavy atom. The zero-order chi connectivity index (χ0) is 17.4. The summed E-state index contributed by atoms with van der Waals surface area (Å²) in [6.45, 7) is 0.244. The molecule has 1 N–H and O–H groups in total. The molecule has 24 heavy (non-hydrogen) atoms. The van der Waals surface area contributed by atoms with Crippen LogP contribution in [0, 0.1) is 0 Å². The number of para-hydroxylation sites is 1. The zero-order valence-corrected chi connectivity index (χ0v) is 13.2. The lowest BCUT2D eigenvalue weighted by Crippen LogP contribution is -2.30. The van der Waals surface area contributed by atoms with Crippen molar-refractivity contribution in [2.75, 3.05) is 13.2 Å². The van der Waals surface area contributed by atoms with Gasteiger partial charge in [-0.05, 0) is 18.2 Å². The van der Waals surface area contributed by atoms with Gasteiger partial charge in [-0.3, -0.25) is 0 Å². The van der Waals surface area contributed by atoms with Crippen molar-refractivity contribution in [1.82, 2.24) is 4.72 Å². The maximum absolute atomic E-state index is 13.0. The highest BCUT2D eigenvalue weighted by molar-refractivity contribution is 7.89. The van der Waals surface area contributed by atoms with Gasteiger partial charge in [0.05, 0.1) is 17.1 Å². The molecular weight excluding hydrogens is 343 g/mol. The molecule has 1 heterocycles. The Labute approximate surface area is 137 Å². The lowest BCUT2D eigenvalue weighted by Gasteiger charge is -2.15. The van der Waals surface area contributed by atoms with Gasteiger partial charge >= 0.3 is 6.18 Å². The Kier molecular flexibility index (Phi) is 4.27. The van der Waals surface area contributed by atoms with Crippen molar-refractivity contribution in [3.05, 3.63) is 59.7 Å². The van der Waals surface area contributed by atoms with Crippen LogP contribution in [0.4, 0.5) is 13.2 Å². The van der Waals surface area contributed by atoms with E-state index in [0.29, 0.717) is 5.75 Å². The second-order valence-electron chi connectivity index (χ2n) is 5.39. The fourth-order valence-electron chi connectivity index (χ4n) is 2.62. The van der Waals surface area contributed by atoms with Gasteiger partial charge in [-0.15, -0.1) is 0 Å². The summed E-state index contributed by atoms with van der Waals surface area (Å²) in [6.07, 6.45) is -4.74. The molecule has 0 saturated carbocycles. The van der Waals surface area contributed by atoms with E-state index in [-0.39, 0.29) is 19.1 Å². The second-order valence-corrected chi connectivity index (χ2v) is 7.13. The minimum atomic E-state index is -4.74. The fourth-order valence-corrected chi connectivity index (χ4v) is 3.93. The third-order valence-electron chi connectivity index (χ3n) is 3.80. The molecule has 8 heteroatoms. The maximum Gasteiger partial charge on any atom is 0.417 e. The number of ether oxygens (including phenoxy) is 1. The van der Waals surface area contributed by atoms with Crippen molar-refractivity contribution in [3.8, 4) is 5.75 Å². The Balaban J connectivity index is 1.82. The fraction of sp³-hybridized carbons (Fsp3) is 0.250. The number of hydrogen-bond donors (Lipinski definition) is 1. The van der Waals surface area contributed by atoms with E-state index in [4.69, 9.17) is 4.74 Å². The lowest BCUT2D eigenvalue weighted by molar-refractivity contribution is -0.139. The normalized spacial score (nSPS) is 17.4. The van der Waals surface area contributed by atoms with Gasteiger partial charge in [-0.2, -0.15) is 13.2 Å². The number of benzene rings is 2. The topological polar surface area (TPSA) is 55.4 Å². The molecule has 1 aliphatic heterocycles. The van der Waals surface area contributed by atoms with E-state index in [9.17, 15) is 21.6 Å². The van der Waals surface area contributed by atoms with Gasteiger partial charge in [0, 0.05) is 18.0 Å². The molecule has 0 aliphatic carbocycles. The van der Waals surface area contributed by atoms with Crippen LogP contribution in [-0.4, -0.2) is 21.6 Å². The first-order chi connectivity index (χ1) is 11.3. The van der Waals surface area contributed by atoms with Crippen molar-refractivity contribution in [2.24, 2.45) is 0 Å². The third-order valence-corrected chi connectivity index (χ3v) is 5.28. The molecule has 0 saturated heterocycles. The summed E-state index contributed by atoms with van der Waals surface area (Å²) in [5.74, 6) is 0.423. The van der Waals surface area contributed by atoms with Crippen LogP contribution in [-0.2, 0) is 16.2 Å². The third kappa shape index (κ3) is 3.25. The van der Waals surface area contributed by atoms with Crippen LogP contribution in [0.2, 0.25) is 0 Å². The van der Waals surface area contributed by atoms with Crippen molar-refractivity contribution in [3.63, 3.8) is 0 Å². The van der Waals surface area contributed by atoms with Crippen LogP contribution < -0.4 is 9.46 Å². The number of sulfonamides is 1. The standard InChI is InChI=1S/C16H14F3NO3S/c17-16(18,19)13-6-2-4-8-15(13)24(21,22)20-9-11-10-23-14-7-3-1-5-12(11)14/h1-8,11,20H,9-10H2. The number of rotatable bonds is 4. The van der Waals surface area contributed by atoms with Crippen LogP contribution in [0.1, 0.15) is 17.0 Å². The molecule has 0 bridgehead atoms. The summed E-state index contributed by atoms with van der Waals surface area (Å²) < 4.78 is 71.4. The van der Waals surface area contributed by atoms with Crippen LogP contribution in [0.5, 0.6) is 5.75 Å². The minimum absolute atomic E-state index is 0.0362. The molecule has 3 rings (SSSR count). The summed E-state index contributed by atoms with van der Waals surface area (Å²) in [7, 11) is -4.29. The summed E-state index contributed by atoms with van der Waals surface area (Å²) in [5, 5.41) is 0. The Hall–Kier alpha value is -2.06. The molecule has 0 radical (unpaired) electrons. The predicted octanol–water partition coefficient (Wildman–Crippen LogP) is 3.16. The van der Waals surface area contributed by atoms with Gasteiger partial charge in [0.1, 0.15) is 5.75 Å². The monoisotopic (exact) mass is 357 g/mol. The van der Waals surface area contributed by atoms with Crippen molar-refractivity contribution < 1.29 is 26.3 Å². The molecule has 1 atom stereocenters. The molecule has 2 aromatic carbocycles. The first kappa shape index (κ1) is 16.8. The summed E-state index contributed by atoms with van der Waals surface area (Å²) in [5.41, 5.74) is -0.343. The SMILES string of the molecule is O=S(=O)(NCC1COc2ccccc21)c1ccccc1C(F)(F)F. The average molecular weight is 357 g/mol. The maximum atomic E-state index is 13.0. The summed E-state index contributed by atoms with van der Waals surface area (Å²) in [4.78, 5) is -0.773. The number of nitrogens with one attached hydrogen (secondary N) is 1. The molecule has 0 spiro atoms. The minimum Gasteiger partial charge on any atom is -0.493 e. The molecule has 0 amide bonds. The molecular formula is C16H14F3NO3S. The van der Waals surface area contributed by atoms with Gasteiger partial charge in [0.25, 0.3) is 0 Å². The quantitative estimate of drug-likeness (QED) is 0.915. The van der Waals surface area contributed by atoms with E-state index >= 15 is 0 Å².